The Morgan fingerprint density at radius 1 is 1.09 bits per heavy atom. The highest BCUT2D eigenvalue weighted by Crippen LogP contribution is 2.42. The van der Waals surface area contributed by atoms with Crippen molar-refractivity contribution in [2.45, 2.75) is 45.4 Å². The molecule has 6 heteroatoms. The van der Waals surface area contributed by atoms with Gasteiger partial charge in [0.2, 0.25) is 0 Å². The number of hydrogen-bond donors (Lipinski definition) is 1. The molecule has 1 N–H and O–H groups in total. The number of carbonyl (C=O) groups excluding carboxylic acids is 2. The van der Waals surface area contributed by atoms with Crippen LogP contribution in [0.2, 0.25) is 0 Å². The molecule has 0 saturated carbocycles. The fourth-order valence-corrected chi connectivity index (χ4v) is 5.01. The second-order valence-corrected chi connectivity index (χ2v) is 9.16. The largest absolute Gasteiger partial charge is 0.464 e. The third-order valence-electron chi connectivity index (χ3n) is 6.73. The number of hydrogen-bond acceptors (Lipinski definition) is 6. The zero-order chi connectivity index (χ0) is 24.5. The van der Waals surface area contributed by atoms with Crippen molar-refractivity contribution in [3.63, 3.8) is 0 Å². The van der Waals surface area contributed by atoms with Crippen molar-refractivity contribution in [1.82, 2.24) is 5.32 Å². The van der Waals surface area contributed by atoms with Crippen LogP contribution in [0.5, 0.6) is 0 Å². The van der Waals surface area contributed by atoms with Crippen molar-refractivity contribution < 1.29 is 18.7 Å². The molecule has 178 valence electrons. The number of aryl methyl sites for hydroxylation is 1. The molecule has 1 aliphatic carbocycles. The Kier molecular flexibility index (Phi) is 6.12. The lowest BCUT2D eigenvalue weighted by molar-refractivity contribution is -0.139. The molecule has 6 nitrogen and oxygen atoms in total. The van der Waals surface area contributed by atoms with Crippen LogP contribution in [0.3, 0.4) is 0 Å². The predicted octanol–water partition coefficient (Wildman–Crippen LogP) is 4.86. The molecule has 3 aromatic rings. The normalized spacial score (nSPS) is 17.9. The molecule has 2 heterocycles. The van der Waals surface area contributed by atoms with Crippen LogP contribution in [0, 0.1) is 6.92 Å². The van der Waals surface area contributed by atoms with E-state index in [1.165, 1.54) is 6.26 Å². The van der Waals surface area contributed by atoms with Gasteiger partial charge in [0.25, 0.3) is 0 Å². The van der Waals surface area contributed by atoms with Gasteiger partial charge in [0.1, 0.15) is 5.58 Å². The first kappa shape index (κ1) is 22.8. The van der Waals surface area contributed by atoms with Gasteiger partial charge < -0.3 is 14.5 Å². The zero-order valence-electron chi connectivity index (χ0n) is 19.9. The summed E-state index contributed by atoms with van der Waals surface area (Å²) in [6.45, 7) is 3.88. The third-order valence-corrected chi connectivity index (χ3v) is 6.73. The molecule has 0 saturated heterocycles. The van der Waals surface area contributed by atoms with Gasteiger partial charge in [-0.2, -0.15) is 0 Å². The van der Waals surface area contributed by atoms with Crippen LogP contribution >= 0.6 is 0 Å². The summed E-state index contributed by atoms with van der Waals surface area (Å²) in [4.78, 5) is 40.2. The van der Waals surface area contributed by atoms with Crippen LogP contribution in [-0.4, -0.2) is 18.4 Å². The van der Waals surface area contributed by atoms with E-state index >= 15 is 0 Å². The van der Waals surface area contributed by atoms with Crippen LogP contribution < -0.4 is 10.7 Å². The Morgan fingerprint density at radius 2 is 1.89 bits per heavy atom. The number of nitrogens with one attached hydrogen (secondary N) is 1. The molecular weight excluding hydrogens is 442 g/mol. The lowest BCUT2D eigenvalue weighted by atomic mass is 9.75. The fourth-order valence-electron chi connectivity index (χ4n) is 5.01. The molecule has 0 amide bonds. The van der Waals surface area contributed by atoms with Gasteiger partial charge in [-0.25, -0.2) is 4.79 Å². The van der Waals surface area contributed by atoms with Crippen LogP contribution in [0.15, 0.2) is 86.5 Å². The topological polar surface area (TPSA) is 85.6 Å². The van der Waals surface area contributed by atoms with E-state index in [-0.39, 0.29) is 29.0 Å². The fraction of sp³-hybridized carbons (Fsp3) is 0.276. The van der Waals surface area contributed by atoms with Crippen LogP contribution in [0.25, 0.3) is 11.0 Å². The van der Waals surface area contributed by atoms with E-state index < -0.39 is 11.9 Å². The van der Waals surface area contributed by atoms with Gasteiger partial charge in [-0.1, -0.05) is 42.0 Å². The Morgan fingerprint density at radius 3 is 2.69 bits per heavy atom. The van der Waals surface area contributed by atoms with Gasteiger partial charge in [-0.05, 0) is 44.4 Å². The lowest BCUT2D eigenvalue weighted by Crippen LogP contribution is -2.36. The molecule has 0 bridgehead atoms. The van der Waals surface area contributed by atoms with E-state index in [1.54, 1.807) is 19.1 Å². The van der Waals surface area contributed by atoms with Crippen LogP contribution in [0.1, 0.15) is 48.8 Å². The molecule has 5 rings (SSSR count). The predicted molar refractivity (Wildman–Crippen MR) is 133 cm³/mol. The average Bonchev–Trinajstić information content (AvgIpc) is 2.85. The standard InChI is InChI=1S/C29H27NO5/c1-17-11-12-24-20(15-17)28(32)21(16-35-24)26-25(18(2)30-22-9-6-10-23(31)27(22)26)29(33)34-14-13-19-7-4-3-5-8-19/h3-5,7-8,11-12,15-16,26,30H,6,9-10,13-14H2,1-2H3/t26-/m0/s1. The van der Waals surface area contributed by atoms with Crippen molar-refractivity contribution in [2.75, 3.05) is 6.61 Å². The summed E-state index contributed by atoms with van der Waals surface area (Å²) in [5.74, 6) is -1.43. The molecule has 2 aliphatic rings. The number of allylic oxidation sites excluding steroid dienone is 3. The first-order valence-electron chi connectivity index (χ1n) is 11.9. The van der Waals surface area contributed by atoms with E-state index in [1.807, 2.05) is 43.3 Å². The summed E-state index contributed by atoms with van der Waals surface area (Å²) in [6, 6.07) is 15.2. The number of ether oxygens (including phenoxy) is 1. The smallest absolute Gasteiger partial charge is 0.336 e. The number of esters is 1. The minimum absolute atomic E-state index is 0.0606. The molecule has 0 unspecified atom stereocenters. The van der Waals surface area contributed by atoms with Gasteiger partial charge in [-0.15, -0.1) is 0 Å². The van der Waals surface area contributed by atoms with E-state index in [9.17, 15) is 14.4 Å². The first-order chi connectivity index (χ1) is 16.9. The third kappa shape index (κ3) is 4.32. The molecule has 2 aromatic carbocycles. The summed E-state index contributed by atoms with van der Waals surface area (Å²) in [6.07, 6.45) is 3.76. The maximum atomic E-state index is 13.6. The van der Waals surface area contributed by atoms with Gasteiger partial charge in [0.15, 0.2) is 11.2 Å². The van der Waals surface area contributed by atoms with Crippen molar-refractivity contribution in [1.29, 1.82) is 0 Å². The SMILES string of the molecule is CC1=C(C(=O)OCCc2ccccc2)[C@H](c2coc3ccc(C)cc3c2=O)C2=C(CCCC2=O)N1. The summed E-state index contributed by atoms with van der Waals surface area (Å²) in [5.41, 5.74) is 4.61. The Balaban J connectivity index is 1.56. The lowest BCUT2D eigenvalue weighted by Gasteiger charge is -2.33. The minimum atomic E-state index is -0.829. The van der Waals surface area contributed by atoms with E-state index in [0.29, 0.717) is 41.5 Å². The minimum Gasteiger partial charge on any atom is -0.464 e. The number of dihydropyridines is 1. The molecule has 35 heavy (non-hydrogen) atoms. The summed E-state index contributed by atoms with van der Waals surface area (Å²) >= 11 is 0. The number of ketones is 1. The molecule has 1 aromatic heterocycles. The Bertz CT molecular complexity index is 1440. The van der Waals surface area contributed by atoms with Gasteiger partial charge in [0.05, 0.1) is 29.7 Å². The molecule has 1 aliphatic heterocycles. The highest BCUT2D eigenvalue weighted by Gasteiger charge is 2.40. The summed E-state index contributed by atoms with van der Waals surface area (Å²) in [7, 11) is 0. The number of Topliss-reactive ketones (excluding diaryl/α,β-unsaturated/α-hetero) is 1. The van der Waals surface area contributed by atoms with Crippen LogP contribution in [0.4, 0.5) is 0 Å². The number of rotatable bonds is 5. The molecule has 0 radical (unpaired) electrons. The second kappa shape index (κ2) is 9.37. The highest BCUT2D eigenvalue weighted by atomic mass is 16.5. The second-order valence-electron chi connectivity index (χ2n) is 9.16. The Labute approximate surface area is 203 Å². The van der Waals surface area contributed by atoms with Crippen molar-refractivity contribution in [3.05, 3.63) is 104 Å². The zero-order valence-corrected chi connectivity index (χ0v) is 19.9. The maximum absolute atomic E-state index is 13.6. The number of carbonyl (C=O) groups is 2. The van der Waals surface area contributed by atoms with Gasteiger partial charge >= 0.3 is 5.97 Å². The van der Waals surface area contributed by atoms with E-state index in [4.69, 9.17) is 9.15 Å². The molecule has 0 spiro atoms. The summed E-state index contributed by atoms with van der Waals surface area (Å²) < 4.78 is 11.5. The molecule has 1 atom stereocenters. The first-order valence-corrected chi connectivity index (χ1v) is 11.9. The van der Waals surface area contributed by atoms with Gasteiger partial charge in [-0.3, -0.25) is 9.59 Å². The van der Waals surface area contributed by atoms with Crippen molar-refractivity contribution in [3.8, 4) is 0 Å². The molecule has 0 fully saturated rings. The number of fused-ring (bicyclic) bond motifs is 1. The van der Waals surface area contributed by atoms with E-state index in [2.05, 4.69) is 5.32 Å². The quantitative estimate of drug-likeness (QED) is 0.538. The van der Waals surface area contributed by atoms with Gasteiger partial charge in [0, 0.05) is 35.4 Å². The molecular formula is C29H27NO5. The monoisotopic (exact) mass is 469 g/mol. The maximum Gasteiger partial charge on any atom is 0.336 e. The average molecular weight is 470 g/mol. The summed E-state index contributed by atoms with van der Waals surface area (Å²) in [5, 5.41) is 3.69. The van der Waals surface area contributed by atoms with Crippen LogP contribution in [-0.2, 0) is 20.7 Å². The Hall–Kier alpha value is -3.93. The number of benzene rings is 2. The van der Waals surface area contributed by atoms with Crippen molar-refractivity contribution >= 4 is 22.7 Å². The van der Waals surface area contributed by atoms with E-state index in [0.717, 1.165) is 23.2 Å². The van der Waals surface area contributed by atoms with Crippen molar-refractivity contribution in [2.24, 2.45) is 0 Å². The highest BCUT2D eigenvalue weighted by molar-refractivity contribution is 6.04.